The van der Waals surface area contributed by atoms with Crippen LogP contribution in [0.25, 0.3) is 11.1 Å². The van der Waals surface area contributed by atoms with E-state index < -0.39 is 7.05 Å². The van der Waals surface area contributed by atoms with Crippen molar-refractivity contribution in [3.8, 4) is 11.1 Å². The first-order chi connectivity index (χ1) is 9.47. The van der Waals surface area contributed by atoms with Crippen LogP contribution in [-0.2, 0) is 6.42 Å². The zero-order valence-electron chi connectivity index (χ0n) is 11.2. The number of anilines is 1. The molecule has 3 nitrogen and oxygen atoms in total. The minimum atomic E-state index is -0.677. The average Bonchev–Trinajstić information content (AvgIpc) is 2.75. The number of halogens is 2. The van der Waals surface area contributed by atoms with Gasteiger partial charge in [-0.05, 0) is 59.1 Å². The van der Waals surface area contributed by atoms with Gasteiger partial charge >= 0.3 is 7.05 Å². The van der Waals surface area contributed by atoms with Crippen LogP contribution < -0.4 is 4.81 Å². The quantitative estimate of drug-likeness (QED) is 0.731. The van der Waals surface area contributed by atoms with E-state index in [1.54, 1.807) is 24.9 Å². The summed E-state index contributed by atoms with van der Waals surface area (Å²) in [5.74, 6) is -0.306. The Kier molecular flexibility index (Phi) is 3.30. The molecule has 0 fully saturated rings. The predicted octanol–water partition coefficient (Wildman–Crippen LogP) is 3.10. The van der Waals surface area contributed by atoms with E-state index in [4.69, 9.17) is 0 Å². The highest BCUT2D eigenvalue weighted by Gasteiger charge is 2.26. The number of rotatable bonds is 2. The van der Waals surface area contributed by atoms with E-state index in [0.29, 0.717) is 12.1 Å². The monoisotopic (exact) mass is 334 g/mol. The van der Waals surface area contributed by atoms with Crippen LogP contribution in [0.4, 0.5) is 10.1 Å². The lowest BCUT2D eigenvalue weighted by Gasteiger charge is -2.23. The van der Waals surface area contributed by atoms with Crippen molar-refractivity contribution >= 4 is 28.7 Å². The molecule has 0 bridgehead atoms. The van der Waals surface area contributed by atoms with Crippen LogP contribution in [0, 0.1) is 5.82 Å². The van der Waals surface area contributed by atoms with Gasteiger partial charge in [-0.25, -0.2) is 4.39 Å². The van der Waals surface area contributed by atoms with E-state index >= 15 is 0 Å². The Bertz CT molecular complexity index is 693. The van der Waals surface area contributed by atoms with E-state index in [2.05, 4.69) is 20.9 Å². The number of hydrogen-bond donors (Lipinski definition) is 1. The fourth-order valence-electron chi connectivity index (χ4n) is 2.57. The molecule has 2 aromatic rings. The normalized spacial score (nSPS) is 12.1. The number of pyridine rings is 1. The van der Waals surface area contributed by atoms with Gasteiger partial charge in [0, 0.05) is 28.3 Å². The third-order valence-corrected chi connectivity index (χ3v) is 4.14. The molecule has 0 saturated carbocycles. The van der Waals surface area contributed by atoms with E-state index in [1.165, 1.54) is 12.1 Å². The molecule has 0 saturated heterocycles. The summed E-state index contributed by atoms with van der Waals surface area (Å²) in [5, 5.41) is 9.74. The summed E-state index contributed by atoms with van der Waals surface area (Å²) >= 11 is 3.40. The molecule has 3 rings (SSSR count). The Morgan fingerprint density at radius 3 is 2.80 bits per heavy atom. The number of aromatic nitrogens is 1. The van der Waals surface area contributed by atoms with Crippen LogP contribution in [0.15, 0.2) is 28.9 Å². The number of fused-ring (bicyclic) bond motifs is 3. The van der Waals surface area contributed by atoms with Crippen molar-refractivity contribution in [1.29, 1.82) is 0 Å². The second-order valence-electron chi connectivity index (χ2n) is 5.02. The van der Waals surface area contributed by atoms with Gasteiger partial charge < -0.3 is 9.83 Å². The van der Waals surface area contributed by atoms with Crippen molar-refractivity contribution in [3.05, 3.63) is 45.9 Å². The molecule has 6 heteroatoms. The first-order valence-corrected chi connectivity index (χ1v) is 7.15. The molecule has 1 N–H and O–H groups in total. The second-order valence-corrected chi connectivity index (χ2v) is 5.93. The molecule has 0 unspecified atom stereocenters. The number of hydrogen-bond acceptors (Lipinski definition) is 3. The van der Waals surface area contributed by atoms with Gasteiger partial charge in [0.15, 0.2) is 0 Å². The maximum atomic E-state index is 13.9. The first-order valence-electron chi connectivity index (χ1n) is 6.35. The molecule has 0 amide bonds. The highest BCUT2D eigenvalue weighted by molar-refractivity contribution is 9.10. The predicted molar refractivity (Wildman–Crippen MR) is 82.4 cm³/mol. The highest BCUT2D eigenvalue weighted by atomic mass is 79.9. The van der Waals surface area contributed by atoms with Crippen LogP contribution >= 0.6 is 15.9 Å². The zero-order valence-corrected chi connectivity index (χ0v) is 12.8. The Morgan fingerprint density at radius 1 is 1.35 bits per heavy atom. The van der Waals surface area contributed by atoms with Crippen molar-refractivity contribution < 1.29 is 9.41 Å². The summed E-state index contributed by atoms with van der Waals surface area (Å²) in [6.07, 6.45) is 2.41. The summed E-state index contributed by atoms with van der Waals surface area (Å²) in [6.45, 7) is 1.66. The van der Waals surface area contributed by atoms with Crippen molar-refractivity contribution in [2.45, 2.75) is 13.2 Å². The molecule has 1 aliphatic rings. The lowest BCUT2D eigenvalue weighted by atomic mass is 9.84. The number of nitrogens with zero attached hydrogens (tertiary/aromatic N) is 2. The van der Waals surface area contributed by atoms with Gasteiger partial charge in [-0.15, -0.1) is 0 Å². The molecular weight excluding hydrogens is 322 g/mol. The molecule has 102 valence electrons. The van der Waals surface area contributed by atoms with Crippen molar-refractivity contribution in [2.75, 3.05) is 11.9 Å². The molecule has 1 aliphatic carbocycles. The Hall–Kier alpha value is -1.40. The standard InChI is InChI=1S/C14H13BBrFN2O/c1-15(20)19(2)14-5-9(17)4-10-11-3-8(16)7-18-13(11)6-12(10)14/h3-5,7,20H,6H2,1-2H3. The average molecular weight is 335 g/mol. The van der Waals surface area contributed by atoms with Gasteiger partial charge in [-0.2, -0.15) is 0 Å². The van der Waals surface area contributed by atoms with Gasteiger partial charge in [0.25, 0.3) is 0 Å². The molecule has 0 spiro atoms. The Balaban J connectivity index is 2.20. The summed E-state index contributed by atoms with van der Waals surface area (Å²) in [7, 11) is 1.08. The maximum absolute atomic E-state index is 13.9. The Morgan fingerprint density at radius 2 is 2.10 bits per heavy atom. The van der Waals surface area contributed by atoms with E-state index in [-0.39, 0.29) is 5.82 Å². The smallest absolute Gasteiger partial charge is 0.409 e. The van der Waals surface area contributed by atoms with Crippen LogP contribution in [0.1, 0.15) is 11.3 Å². The zero-order chi connectivity index (χ0) is 14.4. The second kappa shape index (κ2) is 4.86. The fraction of sp³-hybridized carbons (Fsp3) is 0.214. The van der Waals surface area contributed by atoms with Crippen LogP contribution in [0.5, 0.6) is 0 Å². The molecule has 1 heterocycles. The van der Waals surface area contributed by atoms with Gasteiger partial charge in [0.1, 0.15) is 5.82 Å². The Labute approximate surface area is 125 Å². The third-order valence-electron chi connectivity index (χ3n) is 3.70. The van der Waals surface area contributed by atoms with Crippen LogP contribution in [0.2, 0.25) is 6.82 Å². The number of benzene rings is 1. The summed E-state index contributed by atoms with van der Waals surface area (Å²) in [4.78, 5) is 6.07. The van der Waals surface area contributed by atoms with E-state index in [0.717, 1.165) is 26.9 Å². The third kappa shape index (κ3) is 2.13. The largest absolute Gasteiger partial charge is 0.432 e. The van der Waals surface area contributed by atoms with Gasteiger partial charge in [-0.3, -0.25) is 4.98 Å². The fourth-order valence-corrected chi connectivity index (χ4v) is 2.90. The highest BCUT2D eigenvalue weighted by Crippen LogP contribution is 2.42. The molecular formula is C14H13BBrFN2O. The van der Waals surface area contributed by atoms with Crippen LogP contribution in [0.3, 0.4) is 0 Å². The molecule has 1 aromatic heterocycles. The van der Waals surface area contributed by atoms with Gasteiger partial charge in [0.05, 0.1) is 5.69 Å². The van der Waals surface area contributed by atoms with Crippen molar-refractivity contribution in [3.63, 3.8) is 0 Å². The minimum Gasteiger partial charge on any atom is -0.432 e. The first kappa shape index (κ1) is 13.6. The summed E-state index contributed by atoms with van der Waals surface area (Å²) < 4.78 is 14.8. The van der Waals surface area contributed by atoms with Gasteiger partial charge in [0.2, 0.25) is 0 Å². The molecule has 20 heavy (non-hydrogen) atoms. The molecule has 1 aromatic carbocycles. The maximum Gasteiger partial charge on any atom is 0.409 e. The lowest BCUT2D eigenvalue weighted by molar-refractivity contribution is 0.574. The molecule has 0 aliphatic heterocycles. The topological polar surface area (TPSA) is 36.4 Å². The van der Waals surface area contributed by atoms with E-state index in [1.807, 2.05) is 6.07 Å². The van der Waals surface area contributed by atoms with Crippen LogP contribution in [-0.4, -0.2) is 24.1 Å². The minimum absolute atomic E-state index is 0.306. The molecule has 0 atom stereocenters. The lowest BCUT2D eigenvalue weighted by Crippen LogP contribution is -2.33. The van der Waals surface area contributed by atoms with Crippen molar-refractivity contribution in [2.24, 2.45) is 0 Å². The summed E-state index contributed by atoms with van der Waals surface area (Å²) in [6, 6.07) is 4.96. The van der Waals surface area contributed by atoms with Crippen molar-refractivity contribution in [1.82, 2.24) is 4.98 Å². The van der Waals surface area contributed by atoms with E-state index in [9.17, 15) is 9.41 Å². The summed E-state index contributed by atoms with van der Waals surface area (Å²) in [5.41, 5.74) is 4.47. The SMILES string of the molecule is CB(O)N(C)c1cc(F)cc2c1Cc1ncc(Br)cc1-2. The van der Waals surface area contributed by atoms with Gasteiger partial charge in [-0.1, -0.05) is 0 Å². The molecule has 0 radical (unpaired) electrons.